The molecule has 7 nitrogen and oxygen atoms in total. The van der Waals surface area contributed by atoms with Gasteiger partial charge in [-0.05, 0) is 48.4 Å². The largest absolute Gasteiger partial charge is 0.355 e. The molecule has 1 atom stereocenters. The summed E-state index contributed by atoms with van der Waals surface area (Å²) in [4.78, 5) is 28.6. The molecule has 2 amide bonds. The zero-order valence-electron chi connectivity index (χ0n) is 20.9. The Morgan fingerprint density at radius 3 is 2.18 bits per heavy atom. The molecule has 0 spiro atoms. The second-order valence-corrected chi connectivity index (χ2v) is 11.8. The fraction of sp³-hybridized carbons (Fsp3) is 0.259. The molecule has 0 aliphatic carbocycles. The van der Waals surface area contributed by atoms with Crippen LogP contribution >= 0.6 is 34.8 Å². The van der Waals surface area contributed by atoms with Crippen LogP contribution in [0.25, 0.3) is 0 Å². The number of anilines is 1. The smallest absolute Gasteiger partial charge is 0.244 e. The molecule has 3 aromatic rings. The van der Waals surface area contributed by atoms with Gasteiger partial charge in [0, 0.05) is 29.6 Å². The van der Waals surface area contributed by atoms with Crippen molar-refractivity contribution in [2.45, 2.75) is 25.9 Å². The summed E-state index contributed by atoms with van der Waals surface area (Å²) in [6, 6.07) is 19.6. The molecule has 0 aliphatic heterocycles. The molecule has 1 N–H and O–H groups in total. The third-order valence-electron chi connectivity index (χ3n) is 5.72. The Bertz CT molecular complexity index is 1390. The van der Waals surface area contributed by atoms with Gasteiger partial charge in [0.25, 0.3) is 0 Å². The van der Waals surface area contributed by atoms with Gasteiger partial charge in [-0.25, -0.2) is 8.42 Å². The summed E-state index contributed by atoms with van der Waals surface area (Å²) >= 11 is 18.6. The molecule has 0 bridgehead atoms. The first-order valence-electron chi connectivity index (χ1n) is 11.8. The quantitative estimate of drug-likeness (QED) is 0.330. The number of halogens is 3. The Hall–Kier alpha value is -2.78. The Kier molecular flexibility index (Phi) is 10.4. The highest BCUT2D eigenvalue weighted by Gasteiger charge is 2.33. The average Bonchev–Trinajstić information content (AvgIpc) is 2.86. The number of rotatable bonds is 11. The zero-order valence-corrected chi connectivity index (χ0v) is 24.0. The molecule has 38 heavy (non-hydrogen) atoms. The molecule has 0 saturated heterocycles. The van der Waals surface area contributed by atoms with Crippen LogP contribution in [0.1, 0.15) is 18.1 Å². The molecule has 11 heteroatoms. The number of amides is 2. The SMILES string of the molecule is CCNC(=O)[C@@H](Cc1ccccc1)N(Cc1cccc(Cl)c1)C(=O)CN(c1cc(Cl)ccc1Cl)S(C)(=O)=O. The van der Waals surface area contributed by atoms with Crippen LogP contribution in [0.15, 0.2) is 72.8 Å². The van der Waals surface area contributed by atoms with Crippen molar-refractivity contribution in [2.75, 3.05) is 23.7 Å². The van der Waals surface area contributed by atoms with E-state index in [0.717, 1.165) is 16.1 Å². The summed E-state index contributed by atoms with van der Waals surface area (Å²) < 4.78 is 26.5. The van der Waals surface area contributed by atoms with E-state index in [9.17, 15) is 18.0 Å². The van der Waals surface area contributed by atoms with Crippen molar-refractivity contribution < 1.29 is 18.0 Å². The first kappa shape index (κ1) is 29.8. The fourth-order valence-corrected chi connectivity index (χ4v) is 5.45. The van der Waals surface area contributed by atoms with Crippen molar-refractivity contribution in [3.63, 3.8) is 0 Å². The minimum atomic E-state index is -3.96. The third kappa shape index (κ3) is 8.11. The van der Waals surface area contributed by atoms with Crippen LogP contribution < -0.4 is 9.62 Å². The molecule has 0 fully saturated rings. The van der Waals surface area contributed by atoms with Gasteiger partial charge in [0.05, 0.1) is 17.0 Å². The molecule has 0 radical (unpaired) electrons. The van der Waals surface area contributed by atoms with E-state index in [1.165, 1.54) is 23.1 Å². The van der Waals surface area contributed by atoms with E-state index in [2.05, 4.69) is 5.32 Å². The summed E-state index contributed by atoms with van der Waals surface area (Å²) in [6.07, 6.45) is 1.19. The minimum absolute atomic E-state index is 0.0227. The van der Waals surface area contributed by atoms with Crippen molar-refractivity contribution >= 4 is 62.3 Å². The molecule has 0 heterocycles. The number of benzene rings is 3. The third-order valence-corrected chi connectivity index (χ3v) is 7.64. The maximum absolute atomic E-state index is 13.9. The van der Waals surface area contributed by atoms with Crippen LogP contribution in [0.2, 0.25) is 15.1 Å². The van der Waals surface area contributed by atoms with Crippen LogP contribution in [0, 0.1) is 0 Å². The van der Waals surface area contributed by atoms with E-state index < -0.39 is 28.5 Å². The first-order chi connectivity index (χ1) is 18.0. The lowest BCUT2D eigenvalue weighted by Crippen LogP contribution is -2.53. The van der Waals surface area contributed by atoms with Gasteiger partial charge in [0.15, 0.2) is 0 Å². The molecular formula is C27H28Cl3N3O4S. The number of nitrogens with zero attached hydrogens (tertiary/aromatic N) is 2. The van der Waals surface area contributed by atoms with Gasteiger partial charge in [-0.2, -0.15) is 0 Å². The average molecular weight is 597 g/mol. The van der Waals surface area contributed by atoms with Crippen molar-refractivity contribution in [2.24, 2.45) is 0 Å². The van der Waals surface area contributed by atoms with Crippen LogP contribution in [0.5, 0.6) is 0 Å². The standard InChI is InChI=1S/C27H28Cl3N3O4S/c1-3-31-27(35)25(15-19-8-5-4-6-9-19)32(17-20-10-7-11-21(28)14-20)26(34)18-33(38(2,36)37)24-16-22(29)12-13-23(24)30/h4-14,16,25H,3,15,17-18H2,1-2H3,(H,31,35)/t25-/m1/s1. The second-order valence-electron chi connectivity index (χ2n) is 8.62. The lowest BCUT2D eigenvalue weighted by atomic mass is 10.0. The summed E-state index contributed by atoms with van der Waals surface area (Å²) in [5.74, 6) is -0.961. The summed E-state index contributed by atoms with van der Waals surface area (Å²) in [5.41, 5.74) is 1.58. The Morgan fingerprint density at radius 1 is 0.895 bits per heavy atom. The second kappa shape index (κ2) is 13.3. The Morgan fingerprint density at radius 2 is 1.55 bits per heavy atom. The maximum atomic E-state index is 13.9. The van der Waals surface area contributed by atoms with Crippen LogP contribution in [0.3, 0.4) is 0 Å². The van der Waals surface area contributed by atoms with Crippen molar-refractivity contribution in [3.05, 3.63) is 99.0 Å². The summed E-state index contributed by atoms with van der Waals surface area (Å²) in [6.45, 7) is 1.57. The van der Waals surface area contributed by atoms with Gasteiger partial charge in [-0.1, -0.05) is 77.3 Å². The molecule has 0 aliphatic rings. The van der Waals surface area contributed by atoms with E-state index in [0.29, 0.717) is 17.1 Å². The number of hydrogen-bond donors (Lipinski definition) is 1. The number of sulfonamides is 1. The van der Waals surface area contributed by atoms with Crippen molar-refractivity contribution in [1.82, 2.24) is 10.2 Å². The monoisotopic (exact) mass is 595 g/mol. The highest BCUT2D eigenvalue weighted by atomic mass is 35.5. The van der Waals surface area contributed by atoms with E-state index in [1.807, 2.05) is 30.3 Å². The number of likely N-dealkylation sites (N-methyl/N-ethyl adjacent to an activating group) is 1. The predicted octanol–water partition coefficient (Wildman–Crippen LogP) is 5.19. The van der Waals surface area contributed by atoms with Gasteiger partial charge in [-0.15, -0.1) is 0 Å². The van der Waals surface area contributed by atoms with E-state index in [1.54, 1.807) is 31.2 Å². The number of carbonyl (C=O) groups is 2. The van der Waals surface area contributed by atoms with Crippen LogP contribution in [-0.4, -0.2) is 50.5 Å². The molecule has 0 aromatic heterocycles. The lowest BCUT2D eigenvalue weighted by molar-refractivity contribution is -0.140. The van der Waals surface area contributed by atoms with E-state index >= 15 is 0 Å². The molecule has 0 saturated carbocycles. The number of carbonyl (C=O) groups excluding carboxylic acids is 2. The van der Waals surface area contributed by atoms with Gasteiger partial charge in [0.2, 0.25) is 21.8 Å². The van der Waals surface area contributed by atoms with Crippen LogP contribution in [-0.2, 0) is 32.6 Å². The Balaban J connectivity index is 2.07. The topological polar surface area (TPSA) is 86.8 Å². The van der Waals surface area contributed by atoms with E-state index in [-0.39, 0.29) is 34.6 Å². The maximum Gasteiger partial charge on any atom is 0.244 e. The van der Waals surface area contributed by atoms with E-state index in [4.69, 9.17) is 34.8 Å². The van der Waals surface area contributed by atoms with Gasteiger partial charge in [0.1, 0.15) is 12.6 Å². The fourth-order valence-electron chi connectivity index (χ4n) is 3.95. The van der Waals surface area contributed by atoms with Gasteiger partial charge in [-0.3, -0.25) is 13.9 Å². The molecule has 3 rings (SSSR count). The normalized spacial score (nSPS) is 12.0. The number of nitrogens with one attached hydrogen (secondary N) is 1. The Labute approximate surface area is 238 Å². The summed E-state index contributed by atoms with van der Waals surface area (Å²) in [5, 5.41) is 3.63. The molecule has 0 unspecified atom stereocenters. The highest BCUT2D eigenvalue weighted by molar-refractivity contribution is 7.92. The highest BCUT2D eigenvalue weighted by Crippen LogP contribution is 2.31. The van der Waals surface area contributed by atoms with Gasteiger partial charge >= 0.3 is 0 Å². The summed E-state index contributed by atoms with van der Waals surface area (Å²) in [7, 11) is -3.96. The van der Waals surface area contributed by atoms with Crippen molar-refractivity contribution in [3.8, 4) is 0 Å². The number of hydrogen-bond acceptors (Lipinski definition) is 4. The van der Waals surface area contributed by atoms with Crippen LogP contribution in [0.4, 0.5) is 5.69 Å². The predicted molar refractivity (Wildman–Crippen MR) is 153 cm³/mol. The molecular weight excluding hydrogens is 569 g/mol. The zero-order chi connectivity index (χ0) is 27.9. The lowest BCUT2D eigenvalue weighted by Gasteiger charge is -2.33. The van der Waals surface area contributed by atoms with Gasteiger partial charge < -0.3 is 10.2 Å². The molecule has 3 aromatic carbocycles. The van der Waals surface area contributed by atoms with Crippen molar-refractivity contribution in [1.29, 1.82) is 0 Å². The minimum Gasteiger partial charge on any atom is -0.355 e. The first-order valence-corrected chi connectivity index (χ1v) is 14.8. The molecule has 202 valence electrons.